The predicted molar refractivity (Wildman–Crippen MR) is 90.8 cm³/mol. The first-order chi connectivity index (χ1) is 11.1. The molecule has 1 aromatic carbocycles. The lowest BCUT2D eigenvalue weighted by Crippen LogP contribution is -2.46. The van der Waals surface area contributed by atoms with Crippen molar-refractivity contribution < 1.29 is 13.6 Å². The van der Waals surface area contributed by atoms with E-state index in [9.17, 15) is 13.6 Å². The number of amides is 1. The van der Waals surface area contributed by atoms with Crippen LogP contribution in [0, 0.1) is 11.6 Å². The third-order valence-corrected chi connectivity index (χ3v) is 4.88. The van der Waals surface area contributed by atoms with Crippen LogP contribution in [-0.2, 0) is 4.79 Å². The van der Waals surface area contributed by atoms with Crippen molar-refractivity contribution in [3.8, 4) is 0 Å². The predicted octanol–water partition coefficient (Wildman–Crippen LogP) is 3.01. The molecule has 0 saturated carbocycles. The van der Waals surface area contributed by atoms with Gasteiger partial charge in [0.05, 0.1) is 6.04 Å². The van der Waals surface area contributed by atoms with Gasteiger partial charge in [0.2, 0.25) is 5.91 Å². The molecule has 0 spiro atoms. The van der Waals surface area contributed by atoms with E-state index >= 15 is 0 Å². The smallest absolute Gasteiger partial charge is 0.239 e. The number of likely N-dealkylation sites (tertiary alicyclic amines) is 1. The van der Waals surface area contributed by atoms with Gasteiger partial charge in [-0.05, 0) is 37.3 Å². The van der Waals surface area contributed by atoms with E-state index in [1.807, 2.05) is 13.2 Å². The number of benzene rings is 1. The number of halogens is 2. The largest absolute Gasteiger partial charge is 0.340 e. The minimum absolute atomic E-state index is 0.0696. The van der Waals surface area contributed by atoms with Gasteiger partial charge < -0.3 is 10.2 Å². The summed E-state index contributed by atoms with van der Waals surface area (Å²) >= 11 is 1.67. The highest BCUT2D eigenvalue weighted by molar-refractivity contribution is 7.98. The van der Waals surface area contributed by atoms with Crippen molar-refractivity contribution in [1.29, 1.82) is 0 Å². The van der Waals surface area contributed by atoms with Crippen LogP contribution >= 0.6 is 11.8 Å². The summed E-state index contributed by atoms with van der Waals surface area (Å²) in [7, 11) is 0. The van der Waals surface area contributed by atoms with Crippen LogP contribution < -0.4 is 5.32 Å². The van der Waals surface area contributed by atoms with Gasteiger partial charge >= 0.3 is 0 Å². The fraction of sp³-hybridized carbons (Fsp3) is 0.588. The molecule has 0 aromatic heterocycles. The number of hydrogen-bond donors (Lipinski definition) is 1. The van der Waals surface area contributed by atoms with Crippen molar-refractivity contribution in [2.24, 2.45) is 0 Å². The van der Waals surface area contributed by atoms with Gasteiger partial charge in [-0.25, -0.2) is 8.78 Å². The van der Waals surface area contributed by atoms with E-state index in [4.69, 9.17) is 0 Å². The zero-order valence-corrected chi connectivity index (χ0v) is 14.5. The van der Waals surface area contributed by atoms with E-state index in [1.165, 1.54) is 6.07 Å². The Hall–Kier alpha value is -1.14. The summed E-state index contributed by atoms with van der Waals surface area (Å²) in [5, 5.41) is 3.21. The molecule has 23 heavy (non-hydrogen) atoms. The molecular formula is C17H24F2N2OS. The lowest BCUT2D eigenvalue weighted by Gasteiger charge is -2.26. The maximum atomic E-state index is 14.1. The molecule has 0 radical (unpaired) electrons. The fourth-order valence-corrected chi connectivity index (χ4v) is 3.49. The average molecular weight is 342 g/mol. The van der Waals surface area contributed by atoms with E-state index < -0.39 is 11.6 Å². The molecule has 128 valence electrons. The Labute approximate surface area is 140 Å². The van der Waals surface area contributed by atoms with Gasteiger partial charge in [0.25, 0.3) is 0 Å². The highest BCUT2D eigenvalue weighted by atomic mass is 32.2. The molecule has 1 fully saturated rings. The minimum atomic E-state index is -0.822. The first kappa shape index (κ1) is 18.2. The van der Waals surface area contributed by atoms with Crippen LogP contribution in [0.15, 0.2) is 18.2 Å². The number of nitrogens with one attached hydrogen (secondary N) is 1. The Morgan fingerprint density at radius 3 is 2.83 bits per heavy atom. The van der Waals surface area contributed by atoms with Crippen molar-refractivity contribution in [3.05, 3.63) is 35.4 Å². The third-order valence-electron chi connectivity index (χ3n) is 4.29. The molecule has 1 aromatic rings. The normalized spacial score (nSPS) is 22.3. The van der Waals surface area contributed by atoms with E-state index in [2.05, 4.69) is 5.32 Å². The molecule has 1 amide bonds. The summed E-state index contributed by atoms with van der Waals surface area (Å²) in [6.07, 6.45) is 3.30. The maximum Gasteiger partial charge on any atom is 0.239 e. The zero-order chi connectivity index (χ0) is 16.8. The van der Waals surface area contributed by atoms with E-state index in [-0.39, 0.29) is 17.9 Å². The van der Waals surface area contributed by atoms with Crippen LogP contribution in [0.2, 0.25) is 0 Å². The van der Waals surface area contributed by atoms with Gasteiger partial charge in [-0.15, -0.1) is 0 Å². The van der Waals surface area contributed by atoms with Crippen molar-refractivity contribution in [2.75, 3.05) is 31.6 Å². The molecule has 2 rings (SSSR count). The summed E-state index contributed by atoms with van der Waals surface area (Å²) in [6.45, 7) is 3.76. The Morgan fingerprint density at radius 1 is 1.35 bits per heavy atom. The lowest BCUT2D eigenvalue weighted by molar-refractivity contribution is -0.132. The molecular weight excluding hydrogens is 318 g/mol. The van der Waals surface area contributed by atoms with Crippen LogP contribution in [0.25, 0.3) is 0 Å². The number of hydrogen-bond acceptors (Lipinski definition) is 3. The number of rotatable bonds is 6. The lowest BCUT2D eigenvalue weighted by atomic mass is 9.93. The molecule has 1 heterocycles. The Morgan fingerprint density at radius 2 is 2.13 bits per heavy atom. The third kappa shape index (κ3) is 4.44. The summed E-state index contributed by atoms with van der Waals surface area (Å²) in [5.74, 6) is -0.864. The second-order valence-electron chi connectivity index (χ2n) is 5.80. The number of likely N-dealkylation sites (N-methyl/N-ethyl adjacent to an activating group) is 1. The van der Waals surface area contributed by atoms with Gasteiger partial charge in [-0.1, -0.05) is 19.1 Å². The quantitative estimate of drug-likeness (QED) is 0.862. The first-order valence-electron chi connectivity index (χ1n) is 8.03. The summed E-state index contributed by atoms with van der Waals surface area (Å²) < 4.78 is 27.7. The van der Waals surface area contributed by atoms with Gasteiger partial charge in [0.15, 0.2) is 11.6 Å². The monoisotopic (exact) mass is 342 g/mol. The zero-order valence-electron chi connectivity index (χ0n) is 13.6. The fourth-order valence-electron chi connectivity index (χ4n) is 3.09. The molecule has 1 aliphatic rings. The Kier molecular flexibility index (Phi) is 6.84. The van der Waals surface area contributed by atoms with E-state index in [0.717, 1.165) is 11.8 Å². The minimum Gasteiger partial charge on any atom is -0.340 e. The molecule has 0 bridgehead atoms. The van der Waals surface area contributed by atoms with Crippen molar-refractivity contribution >= 4 is 17.7 Å². The summed E-state index contributed by atoms with van der Waals surface area (Å²) in [4.78, 5) is 14.5. The summed E-state index contributed by atoms with van der Waals surface area (Å²) in [6, 6.07) is 4.07. The number of carbonyl (C=O) groups is 1. The van der Waals surface area contributed by atoms with Gasteiger partial charge in [-0.3, -0.25) is 4.79 Å². The van der Waals surface area contributed by atoms with Crippen LogP contribution in [0.1, 0.15) is 31.2 Å². The van der Waals surface area contributed by atoms with Gasteiger partial charge in [0, 0.05) is 24.8 Å². The van der Waals surface area contributed by atoms with Crippen LogP contribution in [-0.4, -0.2) is 48.5 Å². The number of nitrogens with zero attached hydrogens (tertiary/aromatic N) is 1. The topological polar surface area (TPSA) is 32.3 Å². The van der Waals surface area contributed by atoms with Crippen LogP contribution in [0.4, 0.5) is 8.78 Å². The van der Waals surface area contributed by atoms with E-state index in [1.54, 1.807) is 22.7 Å². The first-order valence-corrected chi connectivity index (χ1v) is 9.42. The second kappa shape index (κ2) is 8.64. The molecule has 1 aliphatic heterocycles. The highest BCUT2D eigenvalue weighted by Crippen LogP contribution is 2.30. The maximum absolute atomic E-state index is 14.1. The second-order valence-corrected chi connectivity index (χ2v) is 6.79. The molecule has 0 unspecified atom stereocenters. The standard InChI is InChI=1S/C17H24F2N2OS/c1-3-20-15-8-7-12(11-21(17(15)22)9-10-23-2)13-5-4-6-14(18)16(13)19/h4-6,12,15,20H,3,7-11H2,1-2H3/t12-,15-/m1/s1. The van der Waals surface area contributed by atoms with Crippen molar-refractivity contribution in [2.45, 2.75) is 31.7 Å². The highest BCUT2D eigenvalue weighted by Gasteiger charge is 2.32. The van der Waals surface area contributed by atoms with Gasteiger partial charge in [0.1, 0.15) is 0 Å². The van der Waals surface area contributed by atoms with Crippen LogP contribution in [0.5, 0.6) is 0 Å². The number of carbonyl (C=O) groups excluding carboxylic acids is 1. The van der Waals surface area contributed by atoms with Gasteiger partial charge in [-0.2, -0.15) is 11.8 Å². The molecule has 2 atom stereocenters. The average Bonchev–Trinajstić information content (AvgIpc) is 2.69. The molecule has 0 aliphatic carbocycles. The molecule has 3 nitrogen and oxygen atoms in total. The van der Waals surface area contributed by atoms with Crippen molar-refractivity contribution in [1.82, 2.24) is 10.2 Å². The molecule has 6 heteroatoms. The van der Waals surface area contributed by atoms with Crippen LogP contribution in [0.3, 0.4) is 0 Å². The van der Waals surface area contributed by atoms with E-state index in [0.29, 0.717) is 38.0 Å². The summed E-state index contributed by atoms with van der Waals surface area (Å²) in [5.41, 5.74) is 0.379. The Bertz CT molecular complexity index is 541. The Balaban J connectivity index is 2.24. The SMILES string of the molecule is CCN[C@@H]1CC[C@@H](c2cccc(F)c2F)CN(CCSC)C1=O. The molecule has 1 N–H and O–H groups in total. The number of thioether (sulfide) groups is 1. The molecule has 1 saturated heterocycles. The van der Waals surface area contributed by atoms with Crippen molar-refractivity contribution in [3.63, 3.8) is 0 Å².